The summed E-state index contributed by atoms with van der Waals surface area (Å²) in [4.78, 5) is 25.9. The summed E-state index contributed by atoms with van der Waals surface area (Å²) in [6, 6.07) is 4.42. The number of nitrogens with one attached hydrogen (secondary N) is 1. The summed E-state index contributed by atoms with van der Waals surface area (Å²) in [6.45, 7) is 4.39. The van der Waals surface area contributed by atoms with Gasteiger partial charge in [0.2, 0.25) is 5.95 Å². The van der Waals surface area contributed by atoms with Crippen LogP contribution in [0.1, 0.15) is 59.1 Å². The van der Waals surface area contributed by atoms with Crippen molar-refractivity contribution in [2.45, 2.75) is 50.7 Å². The number of benzene rings is 1. The zero-order valence-corrected chi connectivity index (χ0v) is 22.8. The lowest BCUT2D eigenvalue weighted by Crippen LogP contribution is -2.47. The molecule has 208 valence electrons. The number of alkyl halides is 2. The van der Waals surface area contributed by atoms with Crippen LogP contribution in [-0.2, 0) is 18.5 Å². The van der Waals surface area contributed by atoms with E-state index in [4.69, 9.17) is 4.74 Å². The number of carbonyl (C=O) groups excluding carboxylic acids is 1. The first kappa shape index (κ1) is 27.0. The second-order valence-corrected chi connectivity index (χ2v) is 10.6. The number of pyridine rings is 1. The molecule has 39 heavy (non-hydrogen) atoms. The summed E-state index contributed by atoms with van der Waals surface area (Å²) in [7, 11) is 5.52. The number of fused-ring (bicyclic) bond motifs is 2. The molecular weight excluding hydrogens is 509 g/mol. The number of carbonyl (C=O) groups is 1. The van der Waals surface area contributed by atoms with Crippen LogP contribution in [0.25, 0.3) is 0 Å². The van der Waals surface area contributed by atoms with E-state index in [1.807, 2.05) is 35.8 Å². The van der Waals surface area contributed by atoms with Gasteiger partial charge in [-0.1, -0.05) is 6.07 Å². The highest BCUT2D eigenvalue weighted by Crippen LogP contribution is 2.65. The van der Waals surface area contributed by atoms with Gasteiger partial charge < -0.3 is 24.4 Å². The molecule has 0 saturated heterocycles. The SMILES string of the molecule is CCOc1cc([C@H](C)N2C[C@]3(CC3(F)F)c3c(CN(C)C)cc(Cn4ccnc4NC)cc3C2=O)ncc1F. The van der Waals surface area contributed by atoms with Crippen molar-refractivity contribution in [2.75, 3.05) is 39.6 Å². The molecule has 1 spiro atoms. The predicted octanol–water partition coefficient (Wildman–Crippen LogP) is 4.46. The van der Waals surface area contributed by atoms with Crippen molar-refractivity contribution in [3.63, 3.8) is 0 Å². The van der Waals surface area contributed by atoms with Crippen LogP contribution in [0.15, 0.2) is 36.8 Å². The molecule has 8 nitrogen and oxygen atoms in total. The van der Waals surface area contributed by atoms with Crippen LogP contribution in [-0.4, -0.2) is 70.5 Å². The number of hydrogen-bond donors (Lipinski definition) is 1. The van der Waals surface area contributed by atoms with Crippen LogP contribution in [0.4, 0.5) is 19.1 Å². The number of halogens is 3. The van der Waals surface area contributed by atoms with Crippen LogP contribution in [0.3, 0.4) is 0 Å². The minimum Gasteiger partial charge on any atom is -0.491 e. The maximum absolute atomic E-state index is 15.3. The Labute approximate surface area is 225 Å². The lowest BCUT2D eigenvalue weighted by molar-refractivity contribution is 0.0450. The number of rotatable bonds is 9. The van der Waals surface area contributed by atoms with Crippen molar-refractivity contribution in [1.82, 2.24) is 24.3 Å². The Hall–Kier alpha value is -3.60. The Morgan fingerprint density at radius 2 is 1.97 bits per heavy atom. The molecule has 3 aromatic rings. The average Bonchev–Trinajstić information content (AvgIpc) is 3.18. The van der Waals surface area contributed by atoms with E-state index in [1.165, 1.54) is 11.0 Å². The Bertz CT molecular complexity index is 1410. The number of nitrogens with zero attached hydrogens (tertiary/aromatic N) is 5. The van der Waals surface area contributed by atoms with Crippen LogP contribution in [0.2, 0.25) is 0 Å². The second-order valence-electron chi connectivity index (χ2n) is 10.6. The Kier molecular flexibility index (Phi) is 6.82. The van der Waals surface area contributed by atoms with Crippen molar-refractivity contribution in [1.29, 1.82) is 0 Å². The number of aromatic nitrogens is 3. The average molecular weight is 543 g/mol. The smallest absolute Gasteiger partial charge is 0.260 e. The van der Waals surface area contributed by atoms with E-state index in [0.29, 0.717) is 30.3 Å². The monoisotopic (exact) mass is 542 g/mol. The van der Waals surface area contributed by atoms with Gasteiger partial charge in [0, 0.05) is 50.6 Å². The molecule has 3 heterocycles. The van der Waals surface area contributed by atoms with Gasteiger partial charge in [-0.2, -0.15) is 0 Å². The first-order valence-corrected chi connectivity index (χ1v) is 13.0. The molecule has 0 radical (unpaired) electrons. The van der Waals surface area contributed by atoms with Crippen LogP contribution < -0.4 is 10.1 Å². The Balaban J connectivity index is 1.61. The van der Waals surface area contributed by atoms with Crippen molar-refractivity contribution < 1.29 is 22.7 Å². The highest BCUT2D eigenvalue weighted by Gasteiger charge is 2.75. The molecule has 1 aromatic carbocycles. The molecule has 1 amide bonds. The van der Waals surface area contributed by atoms with Gasteiger partial charge >= 0.3 is 0 Å². The van der Waals surface area contributed by atoms with Gasteiger partial charge in [0.05, 0.1) is 36.5 Å². The molecule has 2 atom stereocenters. The third-order valence-electron chi connectivity index (χ3n) is 7.60. The van der Waals surface area contributed by atoms with Gasteiger partial charge in [-0.05, 0) is 50.7 Å². The second kappa shape index (κ2) is 9.86. The van der Waals surface area contributed by atoms with E-state index < -0.39 is 23.2 Å². The topological polar surface area (TPSA) is 75.5 Å². The molecule has 11 heteroatoms. The van der Waals surface area contributed by atoms with Crippen LogP contribution >= 0.6 is 0 Å². The fourth-order valence-electron chi connectivity index (χ4n) is 5.70. The Morgan fingerprint density at radius 1 is 1.23 bits per heavy atom. The molecular formula is C28H33F3N6O2. The Morgan fingerprint density at radius 3 is 2.62 bits per heavy atom. The molecule has 1 aliphatic carbocycles. The zero-order chi connectivity index (χ0) is 28.1. The minimum atomic E-state index is -2.96. The lowest BCUT2D eigenvalue weighted by Gasteiger charge is -2.40. The largest absolute Gasteiger partial charge is 0.491 e. The molecule has 2 aliphatic rings. The third kappa shape index (κ3) is 4.62. The van der Waals surface area contributed by atoms with Crippen LogP contribution in [0, 0.1) is 5.82 Å². The quantitative estimate of drug-likeness (QED) is 0.430. The molecule has 1 aliphatic heterocycles. The summed E-state index contributed by atoms with van der Waals surface area (Å²) >= 11 is 0. The van der Waals surface area contributed by atoms with Gasteiger partial charge in [0.15, 0.2) is 11.6 Å². The normalized spacial score (nSPS) is 20.3. The number of ether oxygens (including phenoxy) is 1. The minimum absolute atomic E-state index is 0.0156. The highest BCUT2D eigenvalue weighted by atomic mass is 19.3. The van der Waals surface area contributed by atoms with E-state index in [9.17, 15) is 9.18 Å². The molecule has 5 rings (SSSR count). The van der Waals surface area contributed by atoms with Gasteiger partial charge in [0.1, 0.15) is 0 Å². The van der Waals surface area contributed by atoms with E-state index in [2.05, 4.69) is 15.3 Å². The van der Waals surface area contributed by atoms with Crippen LogP contribution in [0.5, 0.6) is 5.75 Å². The summed E-state index contributed by atoms with van der Waals surface area (Å²) < 4.78 is 52.1. The maximum Gasteiger partial charge on any atom is 0.260 e. The fraction of sp³-hybridized carbons (Fsp3) is 0.464. The molecule has 2 aromatic heterocycles. The van der Waals surface area contributed by atoms with E-state index in [0.717, 1.165) is 17.3 Å². The molecule has 0 unspecified atom stereocenters. The number of imidazole rings is 1. The van der Waals surface area contributed by atoms with E-state index in [-0.39, 0.29) is 36.8 Å². The van der Waals surface area contributed by atoms with Gasteiger partial charge in [-0.15, -0.1) is 0 Å². The summed E-state index contributed by atoms with van der Waals surface area (Å²) in [5.41, 5.74) is 1.12. The molecule has 1 saturated carbocycles. The molecule has 0 bridgehead atoms. The van der Waals surface area contributed by atoms with Crippen molar-refractivity contribution in [3.05, 3.63) is 70.6 Å². The standard InChI is InChI=1S/C28H33F3N6O2/c1-6-39-23-11-22(34-12-21(23)29)17(2)37-16-27(15-28(27,30)31)24-19(14-35(4)5)9-18(10-20(24)25(37)38)13-36-8-7-33-26(36)32-3/h7-12,17H,6,13-16H2,1-5H3,(H,32,33)/t17-,27+/m0/s1. The van der Waals surface area contributed by atoms with Gasteiger partial charge in [-0.25, -0.2) is 18.2 Å². The highest BCUT2D eigenvalue weighted by molar-refractivity contribution is 5.99. The van der Waals surface area contributed by atoms with Crippen molar-refractivity contribution in [2.24, 2.45) is 0 Å². The zero-order valence-electron chi connectivity index (χ0n) is 22.8. The third-order valence-corrected chi connectivity index (χ3v) is 7.60. The van der Waals surface area contributed by atoms with Gasteiger partial charge in [-0.3, -0.25) is 9.78 Å². The molecule has 1 fully saturated rings. The van der Waals surface area contributed by atoms with Crippen molar-refractivity contribution in [3.8, 4) is 5.75 Å². The van der Waals surface area contributed by atoms with E-state index in [1.54, 1.807) is 33.2 Å². The maximum atomic E-state index is 15.3. The summed E-state index contributed by atoms with van der Waals surface area (Å²) in [6.07, 6.45) is 4.19. The number of amides is 1. The summed E-state index contributed by atoms with van der Waals surface area (Å²) in [5, 5.41) is 3.03. The van der Waals surface area contributed by atoms with Gasteiger partial charge in [0.25, 0.3) is 11.8 Å². The number of hydrogen-bond acceptors (Lipinski definition) is 6. The number of anilines is 1. The first-order valence-electron chi connectivity index (χ1n) is 13.0. The first-order chi connectivity index (χ1) is 18.5. The fourth-order valence-corrected chi connectivity index (χ4v) is 5.70. The molecule has 1 N–H and O–H groups in total. The predicted molar refractivity (Wildman–Crippen MR) is 141 cm³/mol. The summed E-state index contributed by atoms with van der Waals surface area (Å²) in [5.74, 6) is -3.26. The van der Waals surface area contributed by atoms with E-state index >= 15 is 8.78 Å². The lowest BCUT2D eigenvalue weighted by atomic mass is 9.80. The van der Waals surface area contributed by atoms with Crippen molar-refractivity contribution >= 4 is 11.9 Å².